The fourth-order valence-corrected chi connectivity index (χ4v) is 2.52. The van der Waals surface area contributed by atoms with Crippen molar-refractivity contribution in [3.05, 3.63) is 66.0 Å². The number of methoxy groups -OCH3 is 2. The Bertz CT molecular complexity index is 885. The van der Waals surface area contributed by atoms with Gasteiger partial charge in [0.2, 0.25) is 0 Å². The molecule has 0 aliphatic heterocycles. The number of anilines is 1. The summed E-state index contributed by atoms with van der Waals surface area (Å²) < 4.78 is 12.3. The minimum Gasteiger partial charge on any atom is -0.493 e. The number of carbonyl (C=O) groups is 1. The number of amides is 1. The van der Waals surface area contributed by atoms with Gasteiger partial charge in [0.15, 0.2) is 11.5 Å². The highest BCUT2D eigenvalue weighted by molar-refractivity contribution is 6.06. The van der Waals surface area contributed by atoms with Crippen molar-refractivity contribution in [1.29, 1.82) is 0 Å². The molecule has 128 valence electrons. The van der Waals surface area contributed by atoms with Gasteiger partial charge >= 0.3 is 0 Å². The number of nitrogens with zero attached hydrogens (tertiary/aromatic N) is 2. The van der Waals surface area contributed by atoms with Crippen LogP contribution in [0.1, 0.15) is 16.1 Å². The fraction of sp³-hybridized carbons (Fsp3) is 0.158. The minimum absolute atomic E-state index is 0.265. The normalized spacial score (nSPS) is 10.4. The van der Waals surface area contributed by atoms with Gasteiger partial charge in [0, 0.05) is 11.9 Å². The van der Waals surface area contributed by atoms with Gasteiger partial charge in [-0.3, -0.25) is 4.79 Å². The van der Waals surface area contributed by atoms with Gasteiger partial charge in [-0.15, -0.1) is 0 Å². The molecule has 0 saturated carbocycles. The Morgan fingerprint density at radius 3 is 2.40 bits per heavy atom. The highest BCUT2D eigenvalue weighted by Crippen LogP contribution is 2.31. The number of ether oxygens (including phenoxy) is 2. The van der Waals surface area contributed by atoms with Gasteiger partial charge in [-0.1, -0.05) is 6.07 Å². The molecule has 0 fully saturated rings. The van der Waals surface area contributed by atoms with E-state index in [2.05, 4.69) is 10.4 Å². The SMILES string of the molecule is COc1cccc(C(=O)Nc2ccc(-n3ccc(C)n3)cc2)c1OC. The lowest BCUT2D eigenvalue weighted by atomic mass is 10.1. The van der Waals surface area contributed by atoms with E-state index in [-0.39, 0.29) is 5.91 Å². The molecule has 0 saturated heterocycles. The van der Waals surface area contributed by atoms with Crippen molar-refractivity contribution >= 4 is 11.6 Å². The van der Waals surface area contributed by atoms with Crippen LogP contribution in [0, 0.1) is 6.92 Å². The maximum atomic E-state index is 12.6. The van der Waals surface area contributed by atoms with Gasteiger partial charge in [0.05, 0.1) is 31.2 Å². The van der Waals surface area contributed by atoms with Crippen molar-refractivity contribution in [2.45, 2.75) is 6.92 Å². The molecule has 0 aliphatic rings. The molecule has 0 aliphatic carbocycles. The predicted molar refractivity (Wildman–Crippen MR) is 95.8 cm³/mol. The zero-order valence-electron chi connectivity index (χ0n) is 14.3. The number of benzene rings is 2. The van der Waals surface area contributed by atoms with Crippen LogP contribution in [0.3, 0.4) is 0 Å². The van der Waals surface area contributed by atoms with Crippen molar-refractivity contribution in [1.82, 2.24) is 9.78 Å². The lowest BCUT2D eigenvalue weighted by Gasteiger charge is -2.12. The first kappa shape index (κ1) is 16.6. The van der Waals surface area contributed by atoms with Crippen molar-refractivity contribution in [3.63, 3.8) is 0 Å². The van der Waals surface area contributed by atoms with Gasteiger partial charge in [0.1, 0.15) is 0 Å². The van der Waals surface area contributed by atoms with Crippen LogP contribution in [0.15, 0.2) is 54.7 Å². The summed E-state index contributed by atoms with van der Waals surface area (Å²) in [5, 5.41) is 7.22. The summed E-state index contributed by atoms with van der Waals surface area (Å²) in [5.41, 5.74) is 2.96. The minimum atomic E-state index is -0.265. The van der Waals surface area contributed by atoms with Crippen LogP contribution in [0.25, 0.3) is 5.69 Å². The molecule has 2 aromatic carbocycles. The summed E-state index contributed by atoms with van der Waals surface area (Å²) in [6, 6.07) is 14.6. The van der Waals surface area contributed by atoms with E-state index in [9.17, 15) is 4.79 Å². The maximum absolute atomic E-state index is 12.6. The molecule has 1 N–H and O–H groups in total. The Balaban J connectivity index is 1.80. The third-order valence-electron chi connectivity index (χ3n) is 3.76. The van der Waals surface area contributed by atoms with Crippen LogP contribution < -0.4 is 14.8 Å². The summed E-state index contributed by atoms with van der Waals surface area (Å²) in [6.45, 7) is 1.94. The Morgan fingerprint density at radius 2 is 1.80 bits per heavy atom. The number of hydrogen-bond acceptors (Lipinski definition) is 4. The van der Waals surface area contributed by atoms with E-state index < -0.39 is 0 Å². The van der Waals surface area contributed by atoms with Crippen LogP contribution in [0.2, 0.25) is 0 Å². The zero-order valence-corrected chi connectivity index (χ0v) is 14.3. The fourth-order valence-electron chi connectivity index (χ4n) is 2.52. The molecular weight excluding hydrogens is 318 g/mol. The van der Waals surface area contributed by atoms with Crippen LogP contribution >= 0.6 is 0 Å². The van der Waals surface area contributed by atoms with Gasteiger partial charge in [-0.25, -0.2) is 4.68 Å². The highest BCUT2D eigenvalue weighted by atomic mass is 16.5. The number of aromatic nitrogens is 2. The van der Waals surface area contributed by atoms with Crippen LogP contribution in [0.5, 0.6) is 11.5 Å². The molecule has 3 rings (SSSR count). The van der Waals surface area contributed by atoms with Crippen molar-refractivity contribution in [3.8, 4) is 17.2 Å². The number of aryl methyl sites for hydroxylation is 1. The second-order valence-electron chi connectivity index (χ2n) is 5.44. The standard InChI is InChI=1S/C19H19N3O3/c1-13-11-12-22(21-13)15-9-7-14(8-10-15)20-19(23)16-5-4-6-17(24-2)18(16)25-3/h4-12H,1-3H3,(H,20,23). The summed E-state index contributed by atoms with van der Waals surface area (Å²) >= 11 is 0. The lowest BCUT2D eigenvalue weighted by molar-refractivity contribution is 0.102. The van der Waals surface area contributed by atoms with E-state index in [0.717, 1.165) is 11.4 Å². The molecule has 6 nitrogen and oxygen atoms in total. The van der Waals surface area contributed by atoms with E-state index in [0.29, 0.717) is 22.7 Å². The van der Waals surface area contributed by atoms with Crippen LogP contribution in [-0.4, -0.2) is 29.9 Å². The first-order valence-electron chi connectivity index (χ1n) is 7.77. The molecule has 0 spiro atoms. The van der Waals surface area contributed by atoms with Crippen LogP contribution in [-0.2, 0) is 0 Å². The van der Waals surface area contributed by atoms with E-state index in [1.54, 1.807) is 22.9 Å². The largest absolute Gasteiger partial charge is 0.493 e. The molecular formula is C19H19N3O3. The molecule has 25 heavy (non-hydrogen) atoms. The van der Waals surface area contributed by atoms with E-state index in [1.807, 2.05) is 43.5 Å². The Hall–Kier alpha value is -3.28. The smallest absolute Gasteiger partial charge is 0.259 e. The quantitative estimate of drug-likeness (QED) is 0.774. The molecule has 0 bridgehead atoms. The average molecular weight is 337 g/mol. The van der Waals surface area contributed by atoms with E-state index in [1.165, 1.54) is 14.2 Å². The average Bonchev–Trinajstić information content (AvgIpc) is 3.07. The van der Waals surface area contributed by atoms with Gasteiger partial charge in [0.25, 0.3) is 5.91 Å². The third kappa shape index (κ3) is 3.47. The number of nitrogens with one attached hydrogen (secondary N) is 1. The lowest BCUT2D eigenvalue weighted by Crippen LogP contribution is -2.13. The molecule has 1 amide bonds. The summed E-state index contributed by atoms with van der Waals surface area (Å²) in [4.78, 5) is 12.6. The first-order valence-corrected chi connectivity index (χ1v) is 7.77. The van der Waals surface area contributed by atoms with Gasteiger partial charge in [-0.05, 0) is 49.4 Å². The van der Waals surface area contributed by atoms with Crippen molar-refractivity contribution in [2.24, 2.45) is 0 Å². The second kappa shape index (κ2) is 7.09. The molecule has 1 aromatic heterocycles. The number of rotatable bonds is 5. The number of hydrogen-bond donors (Lipinski definition) is 1. The Morgan fingerprint density at radius 1 is 1.04 bits per heavy atom. The summed E-state index contributed by atoms with van der Waals surface area (Å²) in [6.07, 6.45) is 1.89. The highest BCUT2D eigenvalue weighted by Gasteiger charge is 2.16. The second-order valence-corrected chi connectivity index (χ2v) is 5.44. The Labute approximate surface area is 146 Å². The van der Waals surface area contributed by atoms with E-state index in [4.69, 9.17) is 9.47 Å². The monoisotopic (exact) mass is 337 g/mol. The molecule has 6 heteroatoms. The van der Waals surface area contributed by atoms with Crippen molar-refractivity contribution < 1.29 is 14.3 Å². The topological polar surface area (TPSA) is 65.4 Å². The molecule has 1 heterocycles. The number of carbonyl (C=O) groups excluding carboxylic acids is 1. The number of para-hydroxylation sites is 1. The van der Waals surface area contributed by atoms with Crippen molar-refractivity contribution in [2.75, 3.05) is 19.5 Å². The molecule has 3 aromatic rings. The third-order valence-corrected chi connectivity index (χ3v) is 3.76. The molecule has 0 unspecified atom stereocenters. The van der Waals surface area contributed by atoms with Crippen LogP contribution in [0.4, 0.5) is 5.69 Å². The van der Waals surface area contributed by atoms with Gasteiger partial charge in [-0.2, -0.15) is 5.10 Å². The first-order chi connectivity index (χ1) is 12.1. The van der Waals surface area contributed by atoms with E-state index >= 15 is 0 Å². The molecule has 0 radical (unpaired) electrons. The summed E-state index contributed by atoms with van der Waals surface area (Å²) in [5.74, 6) is 0.657. The molecule has 0 atom stereocenters. The van der Waals surface area contributed by atoms with Gasteiger partial charge < -0.3 is 14.8 Å². The summed E-state index contributed by atoms with van der Waals surface area (Å²) in [7, 11) is 3.05. The Kier molecular flexibility index (Phi) is 4.70. The maximum Gasteiger partial charge on any atom is 0.259 e. The zero-order chi connectivity index (χ0) is 17.8. The predicted octanol–water partition coefficient (Wildman–Crippen LogP) is 3.45.